The van der Waals surface area contributed by atoms with E-state index in [2.05, 4.69) is 5.32 Å². The van der Waals surface area contributed by atoms with E-state index >= 15 is 0 Å². The molecule has 0 aliphatic carbocycles. The van der Waals surface area contributed by atoms with Crippen molar-refractivity contribution < 1.29 is 19.1 Å². The quantitative estimate of drug-likeness (QED) is 0.530. The molecule has 144 valence electrons. The third kappa shape index (κ3) is 6.84. The Kier molecular flexibility index (Phi) is 9.19. The molecule has 2 aromatic rings. The van der Waals surface area contributed by atoms with Crippen LogP contribution in [0.1, 0.15) is 23.6 Å². The van der Waals surface area contributed by atoms with E-state index in [1.165, 1.54) is 7.11 Å². The smallest absolute Gasteiger partial charge is 0.333 e. The number of carbonyl (C=O) groups excluding carboxylic acids is 3. The van der Waals surface area contributed by atoms with Gasteiger partial charge in [-0.1, -0.05) is 60.7 Å². The van der Waals surface area contributed by atoms with Crippen LogP contribution in [0.2, 0.25) is 0 Å². The number of ether oxygens (including phenoxy) is 1. The Hall–Kier alpha value is -2.70. The summed E-state index contributed by atoms with van der Waals surface area (Å²) in [7, 11) is 1.24. The number of hydrogen-bond acceptors (Lipinski definition) is 5. The molecule has 2 aromatic carbocycles. The first-order chi connectivity index (χ1) is 12.5. The summed E-state index contributed by atoms with van der Waals surface area (Å²) >= 11 is 0. The number of nitrogens with one attached hydrogen (secondary N) is 1. The average molecular weight is 391 g/mol. The highest BCUT2D eigenvalue weighted by Crippen LogP contribution is 2.14. The van der Waals surface area contributed by atoms with E-state index < -0.39 is 30.4 Å². The van der Waals surface area contributed by atoms with Gasteiger partial charge < -0.3 is 15.8 Å². The lowest BCUT2D eigenvalue weighted by molar-refractivity contribution is -0.145. The molecule has 1 amide bonds. The predicted molar refractivity (Wildman–Crippen MR) is 104 cm³/mol. The number of carbonyl (C=O) groups is 3. The Morgan fingerprint density at radius 1 is 1.00 bits per heavy atom. The molecule has 0 radical (unpaired) electrons. The maximum Gasteiger partial charge on any atom is 0.333 e. The summed E-state index contributed by atoms with van der Waals surface area (Å²) in [6, 6.07) is 16.3. The van der Waals surface area contributed by atoms with Gasteiger partial charge in [-0.05, 0) is 17.5 Å². The van der Waals surface area contributed by atoms with Crippen molar-refractivity contribution in [2.24, 2.45) is 5.73 Å². The predicted octanol–water partition coefficient (Wildman–Crippen LogP) is 1.97. The van der Waals surface area contributed by atoms with Gasteiger partial charge in [0.15, 0.2) is 11.8 Å². The molecule has 0 aromatic heterocycles. The topological polar surface area (TPSA) is 98.5 Å². The van der Waals surface area contributed by atoms with Crippen molar-refractivity contribution in [1.82, 2.24) is 5.32 Å². The molecule has 2 atom stereocenters. The van der Waals surface area contributed by atoms with Crippen molar-refractivity contribution in [3.63, 3.8) is 0 Å². The van der Waals surface area contributed by atoms with Crippen LogP contribution in [0, 0.1) is 0 Å². The van der Waals surface area contributed by atoms with Gasteiger partial charge in [-0.3, -0.25) is 9.59 Å². The zero-order valence-electron chi connectivity index (χ0n) is 15.0. The van der Waals surface area contributed by atoms with E-state index in [0.29, 0.717) is 12.0 Å². The van der Waals surface area contributed by atoms with Crippen LogP contribution in [0.25, 0.3) is 0 Å². The third-order valence-corrected chi connectivity index (χ3v) is 3.92. The number of halogens is 1. The highest BCUT2D eigenvalue weighted by molar-refractivity contribution is 6.01. The monoisotopic (exact) mass is 390 g/mol. The minimum absolute atomic E-state index is 0. The second-order valence-electron chi connectivity index (χ2n) is 5.87. The molecule has 0 spiro atoms. The molecule has 0 aliphatic heterocycles. The lowest BCUT2D eigenvalue weighted by Crippen LogP contribution is -2.39. The van der Waals surface area contributed by atoms with Crippen molar-refractivity contribution in [3.8, 4) is 0 Å². The molecule has 0 heterocycles. The highest BCUT2D eigenvalue weighted by atomic mass is 35.5. The molecule has 0 saturated carbocycles. The van der Waals surface area contributed by atoms with Crippen molar-refractivity contribution in [2.45, 2.75) is 24.9 Å². The van der Waals surface area contributed by atoms with Crippen LogP contribution >= 0.6 is 12.4 Å². The molecular weight excluding hydrogens is 368 g/mol. The summed E-state index contributed by atoms with van der Waals surface area (Å²) < 4.78 is 4.74. The number of Topliss-reactive ketones (excluding diaryl/α,β-unsaturated/α-hetero) is 1. The van der Waals surface area contributed by atoms with E-state index in [-0.39, 0.29) is 18.2 Å². The lowest BCUT2D eigenvalue weighted by Gasteiger charge is -2.17. The summed E-state index contributed by atoms with van der Waals surface area (Å²) in [5.74, 6) is -1.56. The fraction of sp³-hybridized carbons (Fsp3) is 0.250. The zero-order valence-corrected chi connectivity index (χ0v) is 15.8. The number of nitrogens with two attached hydrogens (primary N) is 1. The Bertz CT molecular complexity index is 753. The number of hydrogen-bond donors (Lipinski definition) is 2. The number of amides is 1. The first-order valence-electron chi connectivity index (χ1n) is 8.25. The first kappa shape index (κ1) is 22.3. The summed E-state index contributed by atoms with van der Waals surface area (Å²) in [5, 5.41) is 2.54. The molecule has 27 heavy (non-hydrogen) atoms. The van der Waals surface area contributed by atoms with Crippen LogP contribution in [0.4, 0.5) is 0 Å². The SMILES string of the molecule is COC(=O)[C@@H](NC(=O)CC(=O)[C@H](N)Cc1ccccc1)c1ccccc1.Cl. The molecule has 7 heteroatoms. The van der Waals surface area contributed by atoms with Gasteiger partial charge in [-0.15, -0.1) is 12.4 Å². The number of methoxy groups -OCH3 is 1. The van der Waals surface area contributed by atoms with E-state index in [0.717, 1.165) is 5.56 Å². The van der Waals surface area contributed by atoms with Gasteiger partial charge in [-0.25, -0.2) is 4.79 Å². The zero-order chi connectivity index (χ0) is 18.9. The molecule has 0 bridgehead atoms. The maximum absolute atomic E-state index is 12.2. The summed E-state index contributed by atoms with van der Waals surface area (Å²) in [4.78, 5) is 36.4. The maximum atomic E-state index is 12.2. The van der Waals surface area contributed by atoms with Crippen molar-refractivity contribution in [3.05, 3.63) is 71.8 Å². The van der Waals surface area contributed by atoms with Crippen LogP contribution in [0.5, 0.6) is 0 Å². The number of rotatable bonds is 8. The Morgan fingerprint density at radius 3 is 2.11 bits per heavy atom. The highest BCUT2D eigenvalue weighted by Gasteiger charge is 2.25. The Balaban J connectivity index is 0.00000364. The minimum atomic E-state index is -0.966. The van der Waals surface area contributed by atoms with Gasteiger partial charge in [-0.2, -0.15) is 0 Å². The van der Waals surface area contributed by atoms with Crippen LogP contribution in [-0.2, 0) is 25.5 Å². The number of benzene rings is 2. The molecule has 0 fully saturated rings. The minimum Gasteiger partial charge on any atom is -0.467 e. The summed E-state index contributed by atoms with van der Waals surface area (Å²) in [6.07, 6.45) is -0.0413. The fourth-order valence-corrected chi connectivity index (χ4v) is 2.52. The van der Waals surface area contributed by atoms with E-state index in [9.17, 15) is 14.4 Å². The number of esters is 1. The molecule has 2 rings (SSSR count). The molecule has 0 unspecified atom stereocenters. The number of ketones is 1. The van der Waals surface area contributed by atoms with Gasteiger partial charge in [0.25, 0.3) is 0 Å². The van der Waals surface area contributed by atoms with Gasteiger partial charge in [0, 0.05) is 0 Å². The van der Waals surface area contributed by atoms with Crippen molar-refractivity contribution in [2.75, 3.05) is 7.11 Å². The standard InChI is InChI=1S/C20H22N2O4.ClH/c1-26-20(25)19(15-10-6-3-7-11-15)22-18(24)13-17(23)16(21)12-14-8-4-2-5-9-14;/h2-11,16,19H,12-13,21H2,1H3,(H,22,24);1H/t16-,19+;/m1./s1. The van der Waals surface area contributed by atoms with Crippen LogP contribution < -0.4 is 11.1 Å². The third-order valence-electron chi connectivity index (χ3n) is 3.92. The second kappa shape index (κ2) is 11.1. The summed E-state index contributed by atoms with van der Waals surface area (Å²) in [6.45, 7) is 0. The Morgan fingerprint density at radius 2 is 1.56 bits per heavy atom. The molecule has 6 nitrogen and oxygen atoms in total. The van der Waals surface area contributed by atoms with Gasteiger partial charge in [0.05, 0.1) is 19.6 Å². The second-order valence-corrected chi connectivity index (χ2v) is 5.87. The molecular formula is C20H23ClN2O4. The normalized spacial score (nSPS) is 12.2. The lowest BCUT2D eigenvalue weighted by atomic mass is 10.0. The van der Waals surface area contributed by atoms with Crippen LogP contribution in [0.15, 0.2) is 60.7 Å². The first-order valence-corrected chi connectivity index (χ1v) is 8.25. The van der Waals surface area contributed by atoms with Crippen LogP contribution in [0.3, 0.4) is 0 Å². The van der Waals surface area contributed by atoms with Crippen molar-refractivity contribution in [1.29, 1.82) is 0 Å². The van der Waals surface area contributed by atoms with Crippen LogP contribution in [-0.4, -0.2) is 30.8 Å². The summed E-state index contributed by atoms with van der Waals surface area (Å²) in [5.41, 5.74) is 7.40. The molecule has 3 N–H and O–H groups in total. The van der Waals surface area contributed by atoms with Gasteiger partial charge >= 0.3 is 5.97 Å². The van der Waals surface area contributed by atoms with Gasteiger partial charge in [0.2, 0.25) is 5.91 Å². The molecule has 0 aliphatic rings. The molecule has 0 saturated heterocycles. The fourth-order valence-electron chi connectivity index (χ4n) is 2.52. The van der Waals surface area contributed by atoms with Gasteiger partial charge in [0.1, 0.15) is 0 Å². The van der Waals surface area contributed by atoms with E-state index in [1.807, 2.05) is 30.3 Å². The largest absolute Gasteiger partial charge is 0.467 e. The average Bonchev–Trinajstić information content (AvgIpc) is 2.67. The van der Waals surface area contributed by atoms with Crippen molar-refractivity contribution >= 4 is 30.1 Å². The van der Waals surface area contributed by atoms with E-state index in [4.69, 9.17) is 10.5 Å². The van der Waals surface area contributed by atoms with E-state index in [1.54, 1.807) is 30.3 Å². The Labute approximate surface area is 164 Å².